The van der Waals surface area contributed by atoms with Crippen molar-refractivity contribution in [3.8, 4) is 0 Å². The van der Waals surface area contributed by atoms with Crippen molar-refractivity contribution in [2.75, 3.05) is 6.61 Å². The summed E-state index contributed by atoms with van der Waals surface area (Å²) >= 11 is 0. The fourth-order valence-corrected chi connectivity index (χ4v) is 3.24. The Balaban J connectivity index is 1.54. The van der Waals surface area contributed by atoms with Crippen LogP contribution >= 0.6 is 0 Å². The minimum absolute atomic E-state index is 0.0681. The highest BCUT2D eigenvalue weighted by atomic mass is 16.5. The predicted octanol–water partition coefficient (Wildman–Crippen LogP) is 1.63. The second-order valence-electron chi connectivity index (χ2n) is 6.85. The van der Waals surface area contributed by atoms with Crippen molar-refractivity contribution >= 4 is 5.91 Å². The van der Waals surface area contributed by atoms with Crippen molar-refractivity contribution in [3.05, 3.63) is 40.2 Å². The van der Waals surface area contributed by atoms with Crippen LogP contribution < -0.4 is 0 Å². The van der Waals surface area contributed by atoms with E-state index in [1.54, 1.807) is 4.90 Å². The Bertz CT molecular complexity index is 783. The van der Waals surface area contributed by atoms with Crippen LogP contribution in [0.1, 0.15) is 52.7 Å². The maximum Gasteiger partial charge on any atom is 0.275 e. The van der Waals surface area contributed by atoms with Gasteiger partial charge in [-0.3, -0.25) is 9.89 Å². The summed E-state index contributed by atoms with van der Waals surface area (Å²) in [5.41, 5.74) is 4.37. The highest BCUT2D eigenvalue weighted by Gasteiger charge is 2.30. The van der Waals surface area contributed by atoms with Gasteiger partial charge in [-0.15, -0.1) is 0 Å². The van der Waals surface area contributed by atoms with E-state index in [9.17, 15) is 4.79 Å². The van der Waals surface area contributed by atoms with E-state index in [0.29, 0.717) is 37.9 Å². The van der Waals surface area contributed by atoms with Crippen molar-refractivity contribution < 1.29 is 9.53 Å². The Labute approximate surface area is 140 Å². The number of aromatic amines is 1. The third-order valence-corrected chi connectivity index (χ3v) is 4.48. The summed E-state index contributed by atoms with van der Waals surface area (Å²) < 4.78 is 5.47. The molecule has 4 rings (SSSR count). The van der Waals surface area contributed by atoms with E-state index in [0.717, 1.165) is 41.2 Å². The van der Waals surface area contributed by atoms with Gasteiger partial charge in [-0.1, -0.05) is 13.8 Å². The van der Waals surface area contributed by atoms with Crippen LogP contribution in [0.15, 0.2) is 6.20 Å². The number of nitrogens with one attached hydrogen (secondary N) is 1. The molecule has 126 valence electrons. The molecule has 0 unspecified atom stereocenters. The molecule has 2 aliphatic rings. The Morgan fingerprint density at radius 3 is 3.12 bits per heavy atom. The van der Waals surface area contributed by atoms with Crippen LogP contribution in [-0.2, 0) is 37.3 Å². The van der Waals surface area contributed by atoms with E-state index in [1.165, 1.54) is 0 Å². The Morgan fingerprint density at radius 2 is 2.29 bits per heavy atom. The van der Waals surface area contributed by atoms with Gasteiger partial charge in [0.05, 0.1) is 25.5 Å². The summed E-state index contributed by atoms with van der Waals surface area (Å²) in [6.45, 7) is 6.48. The van der Waals surface area contributed by atoms with E-state index in [2.05, 4.69) is 34.0 Å². The predicted molar refractivity (Wildman–Crippen MR) is 86.1 cm³/mol. The van der Waals surface area contributed by atoms with Gasteiger partial charge in [0.1, 0.15) is 5.82 Å². The summed E-state index contributed by atoms with van der Waals surface area (Å²) in [7, 11) is 0. The van der Waals surface area contributed by atoms with Crippen LogP contribution in [-0.4, -0.2) is 37.6 Å². The number of aromatic nitrogens is 4. The van der Waals surface area contributed by atoms with Crippen molar-refractivity contribution in [2.24, 2.45) is 5.92 Å². The minimum atomic E-state index is -0.0681. The first-order valence-electron chi connectivity index (χ1n) is 8.38. The fourth-order valence-electron chi connectivity index (χ4n) is 3.24. The molecule has 2 aromatic rings. The van der Waals surface area contributed by atoms with Crippen molar-refractivity contribution in [1.29, 1.82) is 0 Å². The van der Waals surface area contributed by atoms with Crippen molar-refractivity contribution in [2.45, 2.75) is 46.4 Å². The normalized spacial score (nSPS) is 16.4. The molecule has 0 atom stereocenters. The zero-order valence-electron chi connectivity index (χ0n) is 14.0. The second kappa shape index (κ2) is 5.98. The van der Waals surface area contributed by atoms with E-state index >= 15 is 0 Å². The number of amides is 1. The SMILES string of the molecule is CC(C)Cc1ncc2c(n1)CN(C(=O)c1n[nH]c3c1COCC3)C2. The number of carbonyl (C=O) groups is 1. The quantitative estimate of drug-likeness (QED) is 0.926. The number of H-pyrrole nitrogens is 1. The van der Waals surface area contributed by atoms with Crippen LogP contribution in [0.25, 0.3) is 0 Å². The highest BCUT2D eigenvalue weighted by Crippen LogP contribution is 2.25. The van der Waals surface area contributed by atoms with Gasteiger partial charge in [0.15, 0.2) is 5.69 Å². The lowest BCUT2D eigenvalue weighted by Crippen LogP contribution is -2.27. The average Bonchev–Trinajstić information content (AvgIpc) is 3.17. The molecule has 4 heterocycles. The molecule has 0 aromatic carbocycles. The molecule has 0 bridgehead atoms. The largest absolute Gasteiger partial charge is 0.376 e. The van der Waals surface area contributed by atoms with Crippen molar-refractivity contribution in [1.82, 2.24) is 25.1 Å². The molecule has 7 heteroatoms. The maximum atomic E-state index is 12.9. The third kappa shape index (κ3) is 2.69. The van der Waals surface area contributed by atoms with Crippen LogP contribution in [0, 0.1) is 5.92 Å². The summed E-state index contributed by atoms with van der Waals surface area (Å²) in [6, 6.07) is 0. The van der Waals surface area contributed by atoms with Gasteiger partial charge in [0.2, 0.25) is 0 Å². The number of hydrogen-bond donors (Lipinski definition) is 1. The lowest BCUT2D eigenvalue weighted by Gasteiger charge is -2.16. The Morgan fingerprint density at radius 1 is 1.42 bits per heavy atom. The monoisotopic (exact) mass is 327 g/mol. The summed E-state index contributed by atoms with van der Waals surface area (Å²) in [4.78, 5) is 23.7. The molecule has 0 aliphatic carbocycles. The van der Waals surface area contributed by atoms with Gasteiger partial charge in [-0.2, -0.15) is 5.10 Å². The Kier molecular flexibility index (Phi) is 3.80. The molecule has 1 amide bonds. The molecule has 2 aromatic heterocycles. The molecule has 7 nitrogen and oxygen atoms in total. The minimum Gasteiger partial charge on any atom is -0.376 e. The fraction of sp³-hybridized carbons (Fsp3) is 0.529. The number of rotatable bonds is 3. The molecular formula is C17H21N5O2. The third-order valence-electron chi connectivity index (χ3n) is 4.48. The van der Waals surface area contributed by atoms with Crippen LogP contribution in [0.3, 0.4) is 0 Å². The smallest absolute Gasteiger partial charge is 0.275 e. The first kappa shape index (κ1) is 15.3. The van der Waals surface area contributed by atoms with E-state index in [1.807, 2.05) is 6.20 Å². The van der Waals surface area contributed by atoms with Crippen molar-refractivity contribution in [3.63, 3.8) is 0 Å². The molecule has 0 saturated carbocycles. The maximum absolute atomic E-state index is 12.9. The number of hydrogen-bond acceptors (Lipinski definition) is 5. The average molecular weight is 327 g/mol. The van der Waals surface area contributed by atoms with Gasteiger partial charge in [-0.05, 0) is 5.92 Å². The summed E-state index contributed by atoms with van der Waals surface area (Å²) in [5.74, 6) is 1.29. The van der Waals surface area contributed by atoms with E-state index in [-0.39, 0.29) is 5.91 Å². The first-order valence-corrected chi connectivity index (χ1v) is 8.38. The Hall–Kier alpha value is -2.28. The molecular weight excluding hydrogens is 306 g/mol. The molecule has 0 spiro atoms. The van der Waals surface area contributed by atoms with Gasteiger partial charge in [0, 0.05) is 42.4 Å². The number of ether oxygens (including phenoxy) is 1. The highest BCUT2D eigenvalue weighted by molar-refractivity contribution is 5.94. The van der Waals surface area contributed by atoms with Crippen LogP contribution in [0.2, 0.25) is 0 Å². The molecule has 0 fully saturated rings. The number of fused-ring (bicyclic) bond motifs is 2. The molecule has 0 saturated heterocycles. The lowest BCUT2D eigenvalue weighted by atomic mass is 10.1. The van der Waals surface area contributed by atoms with Gasteiger partial charge < -0.3 is 9.64 Å². The molecule has 2 aliphatic heterocycles. The first-order chi connectivity index (χ1) is 11.6. The van der Waals surface area contributed by atoms with Gasteiger partial charge in [-0.25, -0.2) is 9.97 Å². The topological polar surface area (TPSA) is 84.0 Å². The molecule has 0 radical (unpaired) electrons. The van der Waals surface area contributed by atoms with E-state index < -0.39 is 0 Å². The standard InChI is InChI=1S/C17H21N5O2/c1-10(2)5-15-18-6-11-7-22(8-14(11)19-15)17(23)16-12-9-24-4-3-13(12)20-21-16/h6,10H,3-5,7-9H2,1-2H3,(H,20,21). The zero-order chi connectivity index (χ0) is 16.7. The van der Waals surface area contributed by atoms with Gasteiger partial charge in [0.25, 0.3) is 5.91 Å². The lowest BCUT2D eigenvalue weighted by molar-refractivity contribution is 0.0731. The zero-order valence-corrected chi connectivity index (χ0v) is 14.0. The van der Waals surface area contributed by atoms with Crippen LogP contribution in [0.5, 0.6) is 0 Å². The number of nitrogens with zero attached hydrogens (tertiary/aromatic N) is 4. The summed E-state index contributed by atoms with van der Waals surface area (Å²) in [6.07, 6.45) is 3.49. The van der Waals surface area contributed by atoms with E-state index in [4.69, 9.17) is 4.74 Å². The number of carbonyl (C=O) groups excluding carboxylic acids is 1. The second-order valence-corrected chi connectivity index (χ2v) is 6.85. The van der Waals surface area contributed by atoms with Crippen LogP contribution in [0.4, 0.5) is 0 Å². The molecule has 1 N–H and O–H groups in total. The van der Waals surface area contributed by atoms with Gasteiger partial charge >= 0.3 is 0 Å². The summed E-state index contributed by atoms with van der Waals surface area (Å²) in [5, 5.41) is 7.21. The molecule has 24 heavy (non-hydrogen) atoms.